The summed E-state index contributed by atoms with van der Waals surface area (Å²) in [4.78, 5) is 23.9. The summed E-state index contributed by atoms with van der Waals surface area (Å²) in [6, 6.07) is 8.67. The van der Waals surface area contributed by atoms with Crippen molar-refractivity contribution >= 4 is 0 Å². The highest BCUT2D eigenvalue weighted by molar-refractivity contribution is 5.48. The van der Waals surface area contributed by atoms with Crippen molar-refractivity contribution in [2.45, 2.75) is 79.4 Å². The lowest BCUT2D eigenvalue weighted by Crippen LogP contribution is -2.61. The summed E-state index contributed by atoms with van der Waals surface area (Å²) in [7, 11) is 0.889. The summed E-state index contributed by atoms with van der Waals surface area (Å²) in [6.07, 6.45) is 29.5. The van der Waals surface area contributed by atoms with E-state index in [0.29, 0.717) is 48.7 Å². The zero-order valence-electron chi connectivity index (χ0n) is 39.0. The van der Waals surface area contributed by atoms with Crippen LogP contribution in [0.4, 0.5) is 0 Å². The van der Waals surface area contributed by atoms with Gasteiger partial charge in [-0.25, -0.2) is 0 Å². The summed E-state index contributed by atoms with van der Waals surface area (Å²) < 4.78 is 14.4. The molecule has 0 radical (unpaired) electrons. The Bertz CT molecular complexity index is 2200. The van der Waals surface area contributed by atoms with Crippen molar-refractivity contribution in [1.29, 1.82) is 0 Å². The molecule has 4 unspecified atom stereocenters. The van der Waals surface area contributed by atoms with Gasteiger partial charge in [-0.2, -0.15) is 0 Å². The van der Waals surface area contributed by atoms with Crippen LogP contribution in [0.2, 0.25) is 0 Å². The fourth-order valence-corrected chi connectivity index (χ4v) is 8.56. The van der Waals surface area contributed by atoms with Crippen molar-refractivity contribution in [3.8, 4) is 0 Å². The first-order valence-electron chi connectivity index (χ1n) is 21.8. The van der Waals surface area contributed by atoms with Crippen LogP contribution in [0.3, 0.4) is 0 Å². The highest BCUT2D eigenvalue weighted by Gasteiger charge is 2.55. The Morgan fingerprint density at radius 1 is 1.03 bits per heavy atom. The largest absolute Gasteiger partial charge is 0.472 e. The van der Waals surface area contributed by atoms with Crippen molar-refractivity contribution in [3.05, 3.63) is 200 Å². The van der Waals surface area contributed by atoms with Crippen molar-refractivity contribution in [2.75, 3.05) is 39.9 Å². The first-order chi connectivity index (χ1) is 30.2. The van der Waals surface area contributed by atoms with E-state index in [2.05, 4.69) is 143 Å². The van der Waals surface area contributed by atoms with Crippen molar-refractivity contribution < 1.29 is 29.5 Å². The molecule has 4 aliphatic rings. The van der Waals surface area contributed by atoms with Gasteiger partial charge in [0.25, 0.3) is 0 Å². The van der Waals surface area contributed by atoms with Gasteiger partial charge in [0, 0.05) is 69.5 Å². The topological polar surface area (TPSA) is 152 Å². The average molecular weight is 877 g/mol. The van der Waals surface area contributed by atoms with E-state index in [9.17, 15) is 20.3 Å². The number of aliphatic hydroxyl groups excluding tert-OH is 2. The number of ether oxygens (including phenoxy) is 2. The average Bonchev–Trinajstić information content (AvgIpc) is 3.29. The second kappa shape index (κ2) is 21.8. The minimum Gasteiger partial charge on any atom is -0.472 e. The zero-order valence-corrected chi connectivity index (χ0v) is 39.0. The minimum atomic E-state index is -1.14. The number of hydrogen-bond acceptors (Lipinski definition) is 10. The summed E-state index contributed by atoms with van der Waals surface area (Å²) in [5.41, 5.74) is 2.37. The van der Waals surface area contributed by atoms with Gasteiger partial charge in [0.2, 0.25) is 6.54 Å². The second-order valence-electron chi connectivity index (χ2n) is 17.9. The number of nitro groups is 2. The highest BCUT2D eigenvalue weighted by Crippen LogP contribution is 2.52. The summed E-state index contributed by atoms with van der Waals surface area (Å²) >= 11 is 0. The lowest BCUT2D eigenvalue weighted by Gasteiger charge is -2.55. The Morgan fingerprint density at radius 2 is 1.70 bits per heavy atom. The molecule has 1 aromatic rings. The predicted molar refractivity (Wildman–Crippen MR) is 255 cm³/mol. The van der Waals surface area contributed by atoms with E-state index in [1.807, 2.05) is 25.2 Å². The third-order valence-corrected chi connectivity index (χ3v) is 12.9. The van der Waals surface area contributed by atoms with Crippen LogP contribution >= 0.6 is 0 Å². The Labute approximate surface area is 380 Å². The van der Waals surface area contributed by atoms with Crippen LogP contribution in [0.5, 0.6) is 0 Å². The summed E-state index contributed by atoms with van der Waals surface area (Å²) in [6.45, 7) is 28.8. The standard InChI is InChI=1S/C51H65N3O6.CH3NO2/c1-11-13-29-52(50(48(7,8)39(5)12-2)28-26-44(31-37(3)32-54(57)58)46(59-50)38(4)35-55)33-41-21-23-42(24-22-41)34-53-30-16-14-15-18-40(6)49(9,10)51(53)27-25-43-19-17-20-45(36-56)47(43)60-51;1-2(3)4/h11-19,21-28,31,40,45,55-56H,2,4-5,20,29-30,32-36H2,1,3,6-10H3;1H3/b13-11-,16-14-,18-15-,37-31+;. The Hall–Kier alpha value is -5.66. The minimum absolute atomic E-state index is 0.0199. The number of benzene rings is 1. The smallest absolute Gasteiger partial charge is 0.225 e. The second-order valence-corrected chi connectivity index (χ2v) is 17.9. The molecular weight excluding hydrogens is 809 g/mol. The maximum atomic E-state index is 11.3. The molecule has 0 amide bonds. The molecule has 2 N–H and O–H groups in total. The molecule has 3 heterocycles. The van der Waals surface area contributed by atoms with Gasteiger partial charge in [0.1, 0.15) is 11.5 Å². The summed E-state index contributed by atoms with van der Waals surface area (Å²) in [5, 5.41) is 40.9. The van der Waals surface area contributed by atoms with Crippen LogP contribution in [0, 0.1) is 42.9 Å². The fraction of sp³-hybridized carbons (Fsp3) is 0.423. The molecule has 4 atom stereocenters. The third kappa shape index (κ3) is 11.2. The molecule has 0 saturated heterocycles. The number of nitrogens with zero attached hydrogens (tertiary/aromatic N) is 4. The molecule has 12 nitrogen and oxygen atoms in total. The van der Waals surface area contributed by atoms with E-state index < -0.39 is 21.8 Å². The van der Waals surface area contributed by atoms with Gasteiger partial charge in [-0.15, -0.1) is 0 Å². The maximum Gasteiger partial charge on any atom is 0.225 e. The number of aliphatic hydroxyl groups is 2. The molecule has 1 spiro atoms. The molecule has 3 aliphatic heterocycles. The predicted octanol–water partition coefficient (Wildman–Crippen LogP) is 9.73. The van der Waals surface area contributed by atoms with Gasteiger partial charge in [-0.3, -0.25) is 30.0 Å². The molecule has 344 valence electrons. The Balaban J connectivity index is 0.00000215. The van der Waals surface area contributed by atoms with Crippen LogP contribution < -0.4 is 0 Å². The number of allylic oxidation sites excluding steroid dienone is 12. The normalized spacial score (nSPS) is 25.3. The molecule has 5 rings (SSSR count). The van der Waals surface area contributed by atoms with E-state index in [1.165, 1.54) is 0 Å². The molecule has 1 aliphatic carbocycles. The van der Waals surface area contributed by atoms with Crippen LogP contribution in [0.25, 0.3) is 0 Å². The van der Waals surface area contributed by atoms with Crippen molar-refractivity contribution in [1.82, 2.24) is 9.80 Å². The van der Waals surface area contributed by atoms with Gasteiger partial charge in [0.15, 0.2) is 18.5 Å². The maximum absolute atomic E-state index is 11.3. The zero-order chi connectivity index (χ0) is 47.5. The van der Waals surface area contributed by atoms with Gasteiger partial charge in [-0.05, 0) is 72.8 Å². The third-order valence-electron chi connectivity index (χ3n) is 12.9. The van der Waals surface area contributed by atoms with Crippen LogP contribution in [-0.2, 0) is 22.6 Å². The lowest BCUT2D eigenvalue weighted by molar-refractivity contribution is -0.470. The van der Waals surface area contributed by atoms with E-state index in [4.69, 9.17) is 19.6 Å². The van der Waals surface area contributed by atoms with Crippen LogP contribution in [-0.4, -0.2) is 81.2 Å². The first-order valence-corrected chi connectivity index (χ1v) is 21.8. The highest BCUT2D eigenvalue weighted by atomic mass is 16.6. The van der Waals surface area contributed by atoms with E-state index in [-0.39, 0.29) is 41.9 Å². The van der Waals surface area contributed by atoms with Gasteiger partial charge < -0.3 is 19.7 Å². The van der Waals surface area contributed by atoms with Gasteiger partial charge in [0.05, 0.1) is 13.2 Å². The lowest BCUT2D eigenvalue weighted by atomic mass is 9.69. The number of hydrogen-bond donors (Lipinski definition) is 2. The molecule has 1 aromatic carbocycles. The van der Waals surface area contributed by atoms with Gasteiger partial charge in [-0.1, -0.05) is 139 Å². The Kier molecular flexibility index (Phi) is 17.4. The van der Waals surface area contributed by atoms with Crippen LogP contribution in [0.1, 0.15) is 66.0 Å². The number of rotatable bonds is 16. The fourth-order valence-electron chi connectivity index (χ4n) is 8.56. The molecule has 0 bridgehead atoms. The molecule has 64 heavy (non-hydrogen) atoms. The molecule has 0 aromatic heterocycles. The Morgan fingerprint density at radius 3 is 2.31 bits per heavy atom. The molecular formula is C52H68N4O8. The van der Waals surface area contributed by atoms with Gasteiger partial charge >= 0.3 is 0 Å². The van der Waals surface area contributed by atoms with Crippen molar-refractivity contribution in [3.63, 3.8) is 0 Å². The van der Waals surface area contributed by atoms with E-state index in [0.717, 1.165) is 41.5 Å². The van der Waals surface area contributed by atoms with Crippen molar-refractivity contribution in [2.24, 2.45) is 22.7 Å². The quantitative estimate of drug-likeness (QED) is 0.0711. The molecule has 0 fully saturated rings. The molecule has 0 saturated carbocycles. The first kappa shape index (κ1) is 51.0. The SMILES string of the molecule is C=CC(=C)C(C)(C)C1(N(C/C=C\C)Cc2ccc(CN3C/C=C\C=C/C(C)C(C)(C)C34C=CC3=C(O4)C(CO)CC=C3)cc2)C=CC(/C=C(\C)C[N+](=O)[O-])=C(C(=C)CO)O1.C[N+](=O)[O-]. The molecule has 12 heteroatoms. The van der Waals surface area contributed by atoms with Crippen LogP contribution in [0.15, 0.2) is 168 Å². The monoisotopic (exact) mass is 877 g/mol. The van der Waals surface area contributed by atoms with E-state index >= 15 is 0 Å². The van der Waals surface area contributed by atoms with E-state index in [1.54, 1.807) is 19.1 Å². The summed E-state index contributed by atoms with van der Waals surface area (Å²) in [5.74, 6) is 1.28.